The molecule has 4 aromatic rings. The highest BCUT2D eigenvalue weighted by Crippen LogP contribution is 2.66. The fourth-order valence-corrected chi connectivity index (χ4v) is 9.42. The van der Waals surface area contributed by atoms with Crippen LogP contribution in [0.5, 0.6) is 17.2 Å². The van der Waals surface area contributed by atoms with E-state index in [1.807, 2.05) is 36.4 Å². The number of allylic oxidation sites excluding steroid dienone is 2. The van der Waals surface area contributed by atoms with E-state index in [0.29, 0.717) is 33.3 Å². The molecule has 4 aliphatic rings. The summed E-state index contributed by atoms with van der Waals surface area (Å²) in [7, 11) is 2.93. The number of rotatable bonds is 7. The number of aromatic hydroxyl groups is 1. The van der Waals surface area contributed by atoms with E-state index >= 15 is 4.79 Å². The van der Waals surface area contributed by atoms with Crippen LogP contribution in [0.1, 0.15) is 35.4 Å². The van der Waals surface area contributed by atoms with Crippen molar-refractivity contribution in [1.29, 1.82) is 0 Å². The lowest BCUT2D eigenvalue weighted by atomic mass is 9.49. The number of anilines is 2. The zero-order valence-corrected chi connectivity index (χ0v) is 29.2. The van der Waals surface area contributed by atoms with Crippen molar-refractivity contribution < 1.29 is 33.8 Å². The summed E-state index contributed by atoms with van der Waals surface area (Å²) in [5.74, 6) is -5.32. The number of phenols is 1. The van der Waals surface area contributed by atoms with Crippen LogP contribution in [0, 0.1) is 23.7 Å². The molecule has 0 radical (unpaired) electrons. The van der Waals surface area contributed by atoms with Crippen molar-refractivity contribution >= 4 is 52.7 Å². The molecule has 0 bridgehead atoms. The second kappa shape index (κ2) is 12.5. The Bertz CT molecular complexity index is 2200. The molecular weight excluding hydrogens is 680 g/mol. The van der Waals surface area contributed by atoms with Gasteiger partial charge in [-0.15, -0.1) is 0 Å². The lowest BCUT2D eigenvalue weighted by Gasteiger charge is -2.51. The fourth-order valence-electron chi connectivity index (χ4n) is 9.24. The van der Waals surface area contributed by atoms with E-state index in [1.54, 1.807) is 60.7 Å². The summed E-state index contributed by atoms with van der Waals surface area (Å²) < 4.78 is 11.4. The first-order valence-corrected chi connectivity index (χ1v) is 17.5. The summed E-state index contributed by atoms with van der Waals surface area (Å²) in [5.41, 5.74) is 1.58. The molecule has 2 aliphatic heterocycles. The van der Waals surface area contributed by atoms with Gasteiger partial charge in [-0.1, -0.05) is 84.4 Å². The minimum atomic E-state index is -1.58. The smallest absolute Gasteiger partial charge is 0.246 e. The minimum absolute atomic E-state index is 0.113. The third-order valence-corrected chi connectivity index (χ3v) is 11.6. The van der Waals surface area contributed by atoms with E-state index in [2.05, 4.69) is 6.58 Å². The van der Waals surface area contributed by atoms with Crippen molar-refractivity contribution in [3.63, 3.8) is 0 Å². The maximum atomic E-state index is 15.5. The summed E-state index contributed by atoms with van der Waals surface area (Å²) in [5, 5.41) is 12.2. The number of amides is 4. The van der Waals surface area contributed by atoms with Crippen LogP contribution in [0.15, 0.2) is 109 Å². The average molecular weight is 715 g/mol. The van der Waals surface area contributed by atoms with Crippen molar-refractivity contribution in [2.45, 2.75) is 24.2 Å². The van der Waals surface area contributed by atoms with Gasteiger partial charge in [0.1, 0.15) is 17.2 Å². The van der Waals surface area contributed by atoms with Gasteiger partial charge in [-0.2, -0.15) is 0 Å². The summed E-state index contributed by atoms with van der Waals surface area (Å²) in [6.45, 7) is 3.80. The lowest BCUT2D eigenvalue weighted by molar-refractivity contribution is -0.127. The first kappa shape index (κ1) is 33.5. The highest BCUT2D eigenvalue weighted by molar-refractivity contribution is 6.32. The summed E-state index contributed by atoms with van der Waals surface area (Å²) in [6, 6.07) is 25.8. The Hall–Kier alpha value is -5.67. The maximum absolute atomic E-state index is 15.5. The van der Waals surface area contributed by atoms with Crippen LogP contribution in [0.25, 0.3) is 6.08 Å². The number of carbonyl (C=O) groups is 4. The molecule has 0 spiro atoms. The topological polar surface area (TPSA) is 113 Å². The van der Waals surface area contributed by atoms with Crippen LogP contribution >= 0.6 is 11.6 Å². The molecule has 1 N–H and O–H groups in total. The number of nitrogens with zero attached hydrogens (tertiary/aromatic N) is 2. The van der Waals surface area contributed by atoms with Crippen molar-refractivity contribution in [3.05, 3.63) is 131 Å². The highest BCUT2D eigenvalue weighted by Gasteiger charge is 2.71. The molecule has 9 nitrogen and oxygen atoms in total. The molecule has 6 atom stereocenters. The number of benzene rings is 4. The van der Waals surface area contributed by atoms with Gasteiger partial charge in [-0.3, -0.25) is 24.1 Å². The van der Waals surface area contributed by atoms with E-state index < -0.39 is 46.8 Å². The molecule has 4 aromatic carbocycles. The van der Waals surface area contributed by atoms with Gasteiger partial charge in [0.25, 0.3) is 0 Å². The van der Waals surface area contributed by atoms with Gasteiger partial charge in [-0.25, -0.2) is 4.90 Å². The van der Waals surface area contributed by atoms with Gasteiger partial charge in [0.05, 0.1) is 48.8 Å². The molecule has 2 saturated heterocycles. The third kappa shape index (κ3) is 4.68. The van der Waals surface area contributed by atoms with E-state index in [0.717, 1.165) is 5.56 Å². The molecule has 6 unspecified atom stereocenters. The largest absolute Gasteiger partial charge is 0.507 e. The standard InChI is InChI=1S/C42H35ClN2O7/c1-4-23-13-15-26(16-14-23)44-38(47)30-18-17-29-31(35(30)40(44)49)22-32-39(48)45(27-12-8-11-25(43)19-27)41(50)42(32,24-9-6-5-7-10-24)37(29)36-33(46)20-28(51-2)21-34(36)52-3/h4-17,19-21,30-32,35,37,46H,1,18,22H2,2-3H3. The van der Waals surface area contributed by atoms with Gasteiger partial charge < -0.3 is 14.6 Å². The SMILES string of the molecule is C=Cc1ccc(N2C(=O)C3CC=C4C(CC5C(=O)N(c6cccc(Cl)c6)C(=O)C5(c5ccccc5)C4c4c(O)cc(OC)cc4OC)C3C2=O)cc1. The van der Waals surface area contributed by atoms with E-state index in [1.165, 1.54) is 30.1 Å². The molecule has 3 fully saturated rings. The Balaban J connectivity index is 1.38. The third-order valence-electron chi connectivity index (χ3n) is 11.4. The number of hydrogen-bond acceptors (Lipinski definition) is 7. The number of hydrogen-bond donors (Lipinski definition) is 1. The second-order valence-corrected chi connectivity index (χ2v) is 14.1. The Morgan fingerprint density at radius 1 is 0.827 bits per heavy atom. The van der Waals surface area contributed by atoms with Crippen molar-refractivity contribution in [2.75, 3.05) is 24.0 Å². The number of fused-ring (bicyclic) bond motifs is 4. The van der Waals surface area contributed by atoms with Crippen LogP contribution in [-0.2, 0) is 24.6 Å². The van der Waals surface area contributed by atoms with Crippen LogP contribution < -0.4 is 19.3 Å². The molecule has 0 aromatic heterocycles. The molecular formula is C42H35ClN2O7. The van der Waals surface area contributed by atoms with E-state index in [4.69, 9.17) is 21.1 Å². The predicted molar refractivity (Wildman–Crippen MR) is 196 cm³/mol. The number of ether oxygens (including phenoxy) is 2. The molecule has 2 aliphatic carbocycles. The van der Waals surface area contributed by atoms with Gasteiger partial charge in [0, 0.05) is 28.6 Å². The minimum Gasteiger partial charge on any atom is -0.507 e. The van der Waals surface area contributed by atoms with Crippen LogP contribution in [-0.4, -0.2) is 43.0 Å². The fraction of sp³-hybridized carbons (Fsp3) is 0.238. The zero-order chi connectivity index (χ0) is 36.5. The number of imide groups is 2. The molecule has 52 heavy (non-hydrogen) atoms. The van der Waals surface area contributed by atoms with Crippen molar-refractivity contribution in [1.82, 2.24) is 0 Å². The Labute approximate surface area is 305 Å². The molecule has 10 heteroatoms. The van der Waals surface area contributed by atoms with Crippen molar-refractivity contribution in [3.8, 4) is 17.2 Å². The molecule has 8 rings (SSSR count). The monoisotopic (exact) mass is 714 g/mol. The molecule has 4 amide bonds. The Morgan fingerprint density at radius 2 is 1.58 bits per heavy atom. The van der Waals surface area contributed by atoms with E-state index in [9.17, 15) is 19.5 Å². The van der Waals surface area contributed by atoms with Gasteiger partial charge in [0.2, 0.25) is 23.6 Å². The van der Waals surface area contributed by atoms with Gasteiger partial charge >= 0.3 is 0 Å². The molecule has 262 valence electrons. The van der Waals surface area contributed by atoms with Crippen LogP contribution in [0.3, 0.4) is 0 Å². The Kier molecular flexibility index (Phi) is 8.06. The van der Waals surface area contributed by atoms with E-state index in [-0.39, 0.29) is 41.7 Å². The summed E-state index contributed by atoms with van der Waals surface area (Å²) in [6.07, 6.45) is 3.97. The number of methoxy groups -OCH3 is 2. The molecule has 2 heterocycles. The number of carbonyl (C=O) groups excluding carboxylic acids is 4. The molecule has 1 saturated carbocycles. The van der Waals surface area contributed by atoms with Crippen LogP contribution in [0.2, 0.25) is 5.02 Å². The van der Waals surface area contributed by atoms with Crippen LogP contribution in [0.4, 0.5) is 11.4 Å². The van der Waals surface area contributed by atoms with Gasteiger partial charge in [0.15, 0.2) is 0 Å². The first-order valence-electron chi connectivity index (χ1n) is 17.1. The summed E-state index contributed by atoms with van der Waals surface area (Å²) >= 11 is 6.41. The lowest BCUT2D eigenvalue weighted by Crippen LogP contribution is -2.53. The quantitative estimate of drug-likeness (QED) is 0.161. The zero-order valence-electron chi connectivity index (χ0n) is 28.5. The van der Waals surface area contributed by atoms with Crippen molar-refractivity contribution in [2.24, 2.45) is 23.7 Å². The Morgan fingerprint density at radius 3 is 2.25 bits per heavy atom. The normalized spacial score (nSPS) is 26.4. The maximum Gasteiger partial charge on any atom is 0.246 e. The summed E-state index contributed by atoms with van der Waals surface area (Å²) in [4.78, 5) is 61.5. The first-order chi connectivity index (χ1) is 25.1. The number of phenolic OH excluding ortho intramolecular Hbond substituents is 1. The van der Waals surface area contributed by atoms with Gasteiger partial charge in [-0.05, 0) is 60.2 Å². The predicted octanol–water partition coefficient (Wildman–Crippen LogP) is 7.07. The second-order valence-electron chi connectivity index (χ2n) is 13.7. The highest BCUT2D eigenvalue weighted by atomic mass is 35.5. The number of halogens is 1. The average Bonchev–Trinajstić information content (AvgIpc) is 3.55.